The number of fused-ring (bicyclic) bond motifs is 1. The molecule has 0 bridgehead atoms. The van der Waals surface area contributed by atoms with Crippen molar-refractivity contribution in [2.75, 3.05) is 7.05 Å². The Bertz CT molecular complexity index is 1140. The summed E-state index contributed by atoms with van der Waals surface area (Å²) in [5, 5.41) is 6.42. The fourth-order valence-electron chi connectivity index (χ4n) is 3.36. The maximum absolute atomic E-state index is 12.9. The smallest absolute Gasteiger partial charge is 0.263 e. The molecule has 0 aliphatic heterocycles. The van der Waals surface area contributed by atoms with E-state index in [1.165, 1.54) is 23.9 Å². The topological polar surface area (TPSA) is 85.1 Å². The molecule has 7 heteroatoms. The summed E-state index contributed by atoms with van der Waals surface area (Å²) >= 11 is 0. The number of rotatable bonds is 5. The summed E-state index contributed by atoms with van der Waals surface area (Å²) in [6.07, 6.45) is 5.42. The number of aromatic nitrogens is 2. The summed E-state index contributed by atoms with van der Waals surface area (Å²) < 4.78 is 3.45. The molecule has 0 atom stereocenters. The largest absolute Gasteiger partial charge is 0.355 e. The van der Waals surface area contributed by atoms with Gasteiger partial charge in [-0.2, -0.15) is 0 Å². The van der Waals surface area contributed by atoms with Crippen LogP contribution >= 0.6 is 0 Å². The quantitative estimate of drug-likeness (QED) is 0.708. The van der Waals surface area contributed by atoms with E-state index in [9.17, 15) is 14.4 Å². The van der Waals surface area contributed by atoms with Crippen LogP contribution in [0, 0.1) is 0 Å². The molecule has 7 nitrogen and oxygen atoms in total. The van der Waals surface area contributed by atoms with E-state index in [0.717, 1.165) is 29.3 Å². The van der Waals surface area contributed by atoms with Crippen LogP contribution in [-0.2, 0) is 13.6 Å². The van der Waals surface area contributed by atoms with Crippen molar-refractivity contribution in [1.82, 2.24) is 19.8 Å². The monoisotopic (exact) mass is 378 g/mol. The Labute approximate surface area is 162 Å². The lowest BCUT2D eigenvalue weighted by Gasteiger charge is -2.12. The molecule has 0 unspecified atom stereocenters. The van der Waals surface area contributed by atoms with Crippen LogP contribution in [0.2, 0.25) is 0 Å². The summed E-state index contributed by atoms with van der Waals surface area (Å²) in [7, 11) is 3.43. The Kier molecular flexibility index (Phi) is 4.50. The van der Waals surface area contributed by atoms with E-state index < -0.39 is 11.5 Å². The van der Waals surface area contributed by atoms with Crippen LogP contribution in [0.15, 0.2) is 47.5 Å². The average molecular weight is 378 g/mol. The molecule has 2 amide bonds. The van der Waals surface area contributed by atoms with E-state index in [1.807, 2.05) is 42.1 Å². The number of carbonyl (C=O) groups excluding carboxylic acids is 2. The van der Waals surface area contributed by atoms with E-state index in [-0.39, 0.29) is 24.1 Å². The second kappa shape index (κ2) is 6.99. The summed E-state index contributed by atoms with van der Waals surface area (Å²) in [6.45, 7) is 0.273. The normalized spacial score (nSPS) is 13.5. The lowest BCUT2D eigenvalue weighted by Crippen LogP contribution is -2.34. The standard InChI is InChI=1S/C21H22N4O3/c1-22-20(27)17-10-14(19(26)23-15-6-7-15)12-25(21(17)28)11-13-4-3-5-18-16(13)8-9-24(18)2/h3-5,8-10,12,15H,6-7,11H2,1-2H3,(H,22,27)(H,23,26). The Hall–Kier alpha value is -3.35. The molecule has 1 saturated carbocycles. The number of aryl methyl sites for hydroxylation is 1. The van der Waals surface area contributed by atoms with Gasteiger partial charge in [0.25, 0.3) is 17.4 Å². The number of nitrogens with zero attached hydrogens (tertiary/aromatic N) is 2. The highest BCUT2D eigenvalue weighted by Crippen LogP contribution is 2.21. The predicted octanol–water partition coefficient (Wildman–Crippen LogP) is 1.64. The second-order valence-corrected chi connectivity index (χ2v) is 7.18. The van der Waals surface area contributed by atoms with Crippen LogP contribution in [0.4, 0.5) is 0 Å². The molecule has 2 N–H and O–H groups in total. The van der Waals surface area contributed by atoms with E-state index >= 15 is 0 Å². The summed E-state index contributed by atoms with van der Waals surface area (Å²) in [6, 6.07) is 9.46. The molecule has 144 valence electrons. The van der Waals surface area contributed by atoms with Crippen LogP contribution in [0.3, 0.4) is 0 Å². The zero-order valence-corrected chi connectivity index (χ0v) is 15.9. The molecule has 1 fully saturated rings. The third-order valence-electron chi connectivity index (χ3n) is 5.09. The number of amides is 2. The fourth-order valence-corrected chi connectivity index (χ4v) is 3.36. The zero-order valence-electron chi connectivity index (χ0n) is 15.9. The molecule has 2 aromatic heterocycles. The van der Waals surface area contributed by atoms with E-state index in [1.54, 1.807) is 0 Å². The van der Waals surface area contributed by atoms with Crippen molar-refractivity contribution in [1.29, 1.82) is 0 Å². The van der Waals surface area contributed by atoms with Gasteiger partial charge in [0.15, 0.2) is 0 Å². The minimum atomic E-state index is -0.502. The van der Waals surface area contributed by atoms with Crippen molar-refractivity contribution in [3.8, 4) is 0 Å². The fraction of sp³-hybridized carbons (Fsp3) is 0.286. The first-order valence-corrected chi connectivity index (χ1v) is 9.28. The van der Waals surface area contributed by atoms with Crippen LogP contribution < -0.4 is 16.2 Å². The molecule has 1 aliphatic rings. The number of pyridine rings is 1. The van der Waals surface area contributed by atoms with Crippen LogP contribution in [0.1, 0.15) is 39.1 Å². The summed E-state index contributed by atoms with van der Waals surface area (Å²) in [5.74, 6) is -0.767. The molecule has 2 heterocycles. The average Bonchev–Trinajstić information content (AvgIpc) is 3.43. The molecule has 1 aromatic carbocycles. The van der Waals surface area contributed by atoms with Gasteiger partial charge in [-0.15, -0.1) is 0 Å². The SMILES string of the molecule is CNC(=O)c1cc(C(=O)NC2CC2)cn(Cc2cccc3c2ccn3C)c1=O. The van der Waals surface area contributed by atoms with Crippen LogP contribution in [-0.4, -0.2) is 34.0 Å². The molecule has 0 spiro atoms. The van der Waals surface area contributed by atoms with Gasteiger partial charge in [0.05, 0.1) is 12.1 Å². The summed E-state index contributed by atoms with van der Waals surface area (Å²) in [4.78, 5) is 37.6. The molecule has 1 aliphatic carbocycles. The first kappa shape index (κ1) is 18.0. The summed E-state index contributed by atoms with van der Waals surface area (Å²) in [5.41, 5.74) is 1.86. The highest BCUT2D eigenvalue weighted by atomic mass is 16.2. The number of carbonyl (C=O) groups is 2. The highest BCUT2D eigenvalue weighted by molar-refractivity contribution is 5.99. The predicted molar refractivity (Wildman–Crippen MR) is 107 cm³/mol. The number of hydrogen-bond donors (Lipinski definition) is 2. The minimum Gasteiger partial charge on any atom is -0.355 e. The Morgan fingerprint density at radius 3 is 2.68 bits per heavy atom. The van der Waals surface area contributed by atoms with Gasteiger partial charge in [-0.05, 0) is 36.6 Å². The van der Waals surface area contributed by atoms with Crippen LogP contribution in [0.25, 0.3) is 10.9 Å². The zero-order chi connectivity index (χ0) is 19.8. The third kappa shape index (κ3) is 3.31. The second-order valence-electron chi connectivity index (χ2n) is 7.18. The van der Waals surface area contributed by atoms with Gasteiger partial charge in [-0.25, -0.2) is 0 Å². The van der Waals surface area contributed by atoms with Gasteiger partial charge in [0.1, 0.15) is 5.56 Å². The molecule has 0 saturated heterocycles. The Morgan fingerprint density at radius 2 is 1.96 bits per heavy atom. The van der Waals surface area contributed by atoms with Crippen molar-refractivity contribution in [2.24, 2.45) is 7.05 Å². The number of nitrogens with one attached hydrogen (secondary N) is 2. The molecule has 3 aromatic rings. The van der Waals surface area contributed by atoms with E-state index in [0.29, 0.717) is 5.56 Å². The lowest BCUT2D eigenvalue weighted by atomic mass is 10.1. The number of hydrogen-bond acceptors (Lipinski definition) is 3. The number of benzene rings is 1. The maximum atomic E-state index is 12.9. The van der Waals surface area contributed by atoms with Gasteiger partial charge < -0.3 is 19.8 Å². The first-order chi connectivity index (χ1) is 13.5. The first-order valence-electron chi connectivity index (χ1n) is 9.28. The lowest BCUT2D eigenvalue weighted by molar-refractivity contribution is 0.0950. The van der Waals surface area contributed by atoms with Gasteiger partial charge >= 0.3 is 0 Å². The molecular formula is C21H22N4O3. The van der Waals surface area contributed by atoms with Gasteiger partial charge in [0.2, 0.25) is 0 Å². The van der Waals surface area contributed by atoms with Crippen molar-refractivity contribution in [3.63, 3.8) is 0 Å². The minimum absolute atomic E-state index is 0.0359. The van der Waals surface area contributed by atoms with Crippen molar-refractivity contribution in [3.05, 3.63) is 69.8 Å². The van der Waals surface area contributed by atoms with Gasteiger partial charge in [-0.1, -0.05) is 12.1 Å². The molecule has 4 rings (SSSR count). The van der Waals surface area contributed by atoms with Crippen molar-refractivity contribution < 1.29 is 9.59 Å². The van der Waals surface area contributed by atoms with Gasteiger partial charge in [0, 0.05) is 43.4 Å². The van der Waals surface area contributed by atoms with Crippen molar-refractivity contribution >= 4 is 22.7 Å². The Balaban J connectivity index is 1.78. The van der Waals surface area contributed by atoms with Crippen LogP contribution in [0.5, 0.6) is 0 Å². The van der Waals surface area contributed by atoms with Crippen molar-refractivity contribution in [2.45, 2.75) is 25.4 Å². The van der Waals surface area contributed by atoms with E-state index in [4.69, 9.17) is 0 Å². The highest BCUT2D eigenvalue weighted by Gasteiger charge is 2.25. The molecule has 28 heavy (non-hydrogen) atoms. The third-order valence-corrected chi connectivity index (χ3v) is 5.09. The van der Waals surface area contributed by atoms with E-state index in [2.05, 4.69) is 10.6 Å². The van der Waals surface area contributed by atoms with Gasteiger partial charge in [-0.3, -0.25) is 14.4 Å². The molecular weight excluding hydrogens is 356 g/mol. The Morgan fingerprint density at radius 1 is 1.18 bits per heavy atom. The molecule has 0 radical (unpaired) electrons. The maximum Gasteiger partial charge on any atom is 0.263 e.